The Bertz CT molecular complexity index is 737. The van der Waals surface area contributed by atoms with Gasteiger partial charge in [0, 0.05) is 39.1 Å². The Kier molecular flexibility index (Phi) is 5.91. The summed E-state index contributed by atoms with van der Waals surface area (Å²) < 4.78 is 10.4. The van der Waals surface area contributed by atoms with Crippen LogP contribution in [-0.2, 0) is 4.79 Å². The summed E-state index contributed by atoms with van der Waals surface area (Å²) in [5.41, 5.74) is 0.675. The van der Waals surface area contributed by atoms with Crippen LogP contribution in [0.15, 0.2) is 47.1 Å². The first-order valence-electron chi connectivity index (χ1n) is 8.65. The van der Waals surface area contributed by atoms with Crippen molar-refractivity contribution >= 4 is 17.5 Å². The molecule has 0 bridgehead atoms. The van der Waals surface area contributed by atoms with E-state index in [-0.39, 0.29) is 11.8 Å². The van der Waals surface area contributed by atoms with E-state index >= 15 is 0 Å². The van der Waals surface area contributed by atoms with Crippen molar-refractivity contribution in [1.29, 1.82) is 0 Å². The molecule has 1 saturated heterocycles. The summed E-state index contributed by atoms with van der Waals surface area (Å²) in [5.74, 6) is 0.882. The lowest BCUT2D eigenvalue weighted by molar-refractivity contribution is -0.116. The molecule has 1 aliphatic heterocycles. The zero-order chi connectivity index (χ0) is 18.4. The van der Waals surface area contributed by atoms with Crippen LogP contribution in [0.2, 0.25) is 0 Å². The number of hydrogen-bond donors (Lipinski definition) is 1. The van der Waals surface area contributed by atoms with Gasteiger partial charge in [-0.15, -0.1) is 0 Å². The van der Waals surface area contributed by atoms with Crippen molar-refractivity contribution in [2.24, 2.45) is 0 Å². The number of carbonyl (C=O) groups excluding carboxylic acids is 2. The molecule has 3 rings (SSSR count). The Morgan fingerprint density at radius 1 is 1.12 bits per heavy atom. The van der Waals surface area contributed by atoms with Crippen LogP contribution in [0, 0.1) is 0 Å². The second kappa shape index (κ2) is 8.53. The monoisotopic (exact) mass is 357 g/mol. The molecular weight excluding hydrogens is 334 g/mol. The number of furan rings is 1. The Morgan fingerprint density at radius 2 is 1.88 bits per heavy atom. The van der Waals surface area contributed by atoms with Gasteiger partial charge in [0.25, 0.3) is 5.91 Å². The molecule has 26 heavy (non-hydrogen) atoms. The van der Waals surface area contributed by atoms with Crippen LogP contribution in [-0.4, -0.2) is 61.4 Å². The number of piperazine rings is 1. The topological polar surface area (TPSA) is 75.0 Å². The lowest BCUT2D eigenvalue weighted by Crippen LogP contribution is -2.49. The molecule has 1 fully saturated rings. The predicted molar refractivity (Wildman–Crippen MR) is 97.3 cm³/mol. The number of hydrogen-bond acceptors (Lipinski definition) is 5. The Hall–Kier alpha value is -2.80. The van der Waals surface area contributed by atoms with Crippen LogP contribution in [0.4, 0.5) is 5.69 Å². The van der Waals surface area contributed by atoms with E-state index in [4.69, 9.17) is 9.15 Å². The van der Waals surface area contributed by atoms with Gasteiger partial charge in [0.1, 0.15) is 5.75 Å². The number of amides is 2. The van der Waals surface area contributed by atoms with Gasteiger partial charge >= 0.3 is 0 Å². The van der Waals surface area contributed by atoms with Crippen LogP contribution in [0.3, 0.4) is 0 Å². The molecule has 0 aliphatic carbocycles. The number of ether oxygens (including phenoxy) is 1. The van der Waals surface area contributed by atoms with E-state index in [0.29, 0.717) is 43.3 Å². The molecule has 1 aliphatic rings. The maximum Gasteiger partial charge on any atom is 0.289 e. The maximum atomic E-state index is 12.2. The summed E-state index contributed by atoms with van der Waals surface area (Å²) >= 11 is 0. The molecule has 2 heterocycles. The van der Waals surface area contributed by atoms with Crippen LogP contribution in [0.25, 0.3) is 0 Å². The molecule has 1 aromatic heterocycles. The fraction of sp³-hybridized carbons (Fsp3) is 0.368. The number of nitrogens with zero attached hydrogens (tertiary/aromatic N) is 2. The van der Waals surface area contributed by atoms with E-state index in [9.17, 15) is 9.59 Å². The van der Waals surface area contributed by atoms with Crippen molar-refractivity contribution in [2.45, 2.75) is 6.42 Å². The molecule has 7 nitrogen and oxygen atoms in total. The molecule has 138 valence electrons. The van der Waals surface area contributed by atoms with Gasteiger partial charge in [-0.2, -0.15) is 0 Å². The maximum absolute atomic E-state index is 12.2. The van der Waals surface area contributed by atoms with Crippen molar-refractivity contribution in [3.63, 3.8) is 0 Å². The number of nitrogens with one attached hydrogen (secondary N) is 1. The van der Waals surface area contributed by atoms with Gasteiger partial charge in [-0.25, -0.2) is 0 Å². The zero-order valence-corrected chi connectivity index (χ0v) is 14.8. The van der Waals surface area contributed by atoms with Crippen molar-refractivity contribution < 1.29 is 18.7 Å². The summed E-state index contributed by atoms with van der Waals surface area (Å²) in [5, 5.41) is 2.88. The van der Waals surface area contributed by atoms with Gasteiger partial charge in [0.05, 0.1) is 19.1 Å². The van der Waals surface area contributed by atoms with Gasteiger partial charge in [0.2, 0.25) is 5.91 Å². The van der Waals surface area contributed by atoms with Crippen LogP contribution >= 0.6 is 0 Å². The van der Waals surface area contributed by atoms with E-state index in [1.54, 1.807) is 24.1 Å². The Balaban J connectivity index is 1.42. The normalized spacial score (nSPS) is 14.9. The summed E-state index contributed by atoms with van der Waals surface area (Å²) in [4.78, 5) is 28.4. The Morgan fingerprint density at radius 3 is 2.58 bits per heavy atom. The molecular formula is C19H23N3O4. The molecule has 0 saturated carbocycles. The third kappa shape index (κ3) is 4.43. The van der Waals surface area contributed by atoms with Crippen molar-refractivity contribution in [1.82, 2.24) is 9.80 Å². The minimum absolute atomic E-state index is 0.0522. The summed E-state index contributed by atoms with van der Waals surface area (Å²) in [6, 6.07) is 10.7. The standard InChI is InChI=1S/C19H23N3O4/c1-25-16-6-3-2-5-15(16)20-18(23)8-9-21-10-12-22(13-11-21)19(24)17-7-4-14-26-17/h2-7,14H,8-13H2,1H3,(H,20,23). The van der Waals surface area contributed by atoms with Gasteiger partial charge in [0.15, 0.2) is 5.76 Å². The third-order valence-corrected chi connectivity index (χ3v) is 4.43. The largest absolute Gasteiger partial charge is 0.495 e. The fourth-order valence-corrected chi connectivity index (χ4v) is 2.95. The van der Waals surface area contributed by atoms with Crippen LogP contribution < -0.4 is 10.1 Å². The first kappa shape index (κ1) is 18.0. The predicted octanol–water partition coefficient (Wildman–Crippen LogP) is 2.07. The minimum Gasteiger partial charge on any atom is -0.495 e. The minimum atomic E-state index is -0.0800. The summed E-state index contributed by atoms with van der Waals surface area (Å²) in [6.07, 6.45) is 1.90. The molecule has 2 amide bonds. The second-order valence-corrected chi connectivity index (χ2v) is 6.11. The van der Waals surface area contributed by atoms with E-state index in [2.05, 4.69) is 10.2 Å². The highest BCUT2D eigenvalue weighted by molar-refractivity contribution is 5.92. The number of rotatable bonds is 6. The zero-order valence-electron chi connectivity index (χ0n) is 14.8. The molecule has 0 atom stereocenters. The highest BCUT2D eigenvalue weighted by atomic mass is 16.5. The van der Waals surface area contributed by atoms with Gasteiger partial charge in [-0.3, -0.25) is 14.5 Å². The van der Waals surface area contributed by atoms with Crippen LogP contribution in [0.5, 0.6) is 5.75 Å². The SMILES string of the molecule is COc1ccccc1NC(=O)CCN1CCN(C(=O)c2ccco2)CC1. The van der Waals surface area contributed by atoms with E-state index in [1.165, 1.54) is 6.26 Å². The molecule has 1 N–H and O–H groups in total. The molecule has 2 aromatic rings. The molecule has 0 unspecified atom stereocenters. The third-order valence-electron chi connectivity index (χ3n) is 4.43. The quantitative estimate of drug-likeness (QED) is 0.857. The van der Waals surface area contributed by atoms with Crippen LogP contribution in [0.1, 0.15) is 17.0 Å². The number of benzene rings is 1. The average molecular weight is 357 g/mol. The molecule has 0 radical (unpaired) electrons. The number of para-hydroxylation sites is 2. The first-order valence-corrected chi connectivity index (χ1v) is 8.65. The first-order chi connectivity index (χ1) is 12.7. The molecule has 7 heteroatoms. The van der Waals surface area contributed by atoms with Crippen molar-refractivity contribution in [3.8, 4) is 5.75 Å². The van der Waals surface area contributed by atoms with E-state index in [0.717, 1.165) is 13.1 Å². The summed E-state index contributed by atoms with van der Waals surface area (Å²) in [6.45, 7) is 3.41. The number of methoxy groups -OCH3 is 1. The fourth-order valence-electron chi connectivity index (χ4n) is 2.95. The average Bonchev–Trinajstić information content (AvgIpc) is 3.21. The summed E-state index contributed by atoms with van der Waals surface area (Å²) in [7, 11) is 1.58. The highest BCUT2D eigenvalue weighted by Gasteiger charge is 2.23. The van der Waals surface area contributed by atoms with Crippen molar-refractivity contribution in [2.75, 3.05) is 45.2 Å². The molecule has 1 aromatic carbocycles. The highest BCUT2D eigenvalue weighted by Crippen LogP contribution is 2.23. The Labute approximate surface area is 152 Å². The molecule has 0 spiro atoms. The van der Waals surface area contributed by atoms with Gasteiger partial charge in [-0.1, -0.05) is 12.1 Å². The lowest BCUT2D eigenvalue weighted by Gasteiger charge is -2.34. The number of anilines is 1. The smallest absolute Gasteiger partial charge is 0.289 e. The van der Waals surface area contributed by atoms with E-state index in [1.807, 2.05) is 24.3 Å². The number of carbonyl (C=O) groups is 2. The van der Waals surface area contributed by atoms with Gasteiger partial charge < -0.3 is 19.4 Å². The second-order valence-electron chi connectivity index (χ2n) is 6.11. The lowest BCUT2D eigenvalue weighted by atomic mass is 10.2. The van der Waals surface area contributed by atoms with Gasteiger partial charge in [-0.05, 0) is 24.3 Å². The van der Waals surface area contributed by atoms with E-state index < -0.39 is 0 Å². The van der Waals surface area contributed by atoms with Crippen molar-refractivity contribution in [3.05, 3.63) is 48.4 Å².